The van der Waals surface area contributed by atoms with Gasteiger partial charge in [-0.25, -0.2) is 4.79 Å². The van der Waals surface area contributed by atoms with Gasteiger partial charge in [0.2, 0.25) is 5.91 Å². The Kier molecular flexibility index (Phi) is 7.15. The number of carbonyl (C=O) groups is 2. The van der Waals surface area contributed by atoms with Crippen molar-refractivity contribution < 1.29 is 19.4 Å². The number of nitrogens with one attached hydrogen (secondary N) is 1. The first kappa shape index (κ1) is 14.2. The van der Waals surface area contributed by atoms with Gasteiger partial charge in [-0.3, -0.25) is 4.79 Å². The number of aliphatic carboxylic acids is 1. The predicted octanol–water partition coefficient (Wildman–Crippen LogP) is 0.344. The largest absolute Gasteiger partial charge is 0.480 e. The number of carboxylic acids is 1. The molecular weight excluding hydrogens is 218 g/mol. The van der Waals surface area contributed by atoms with E-state index in [0.717, 1.165) is 0 Å². The molecule has 0 aliphatic carbocycles. The third kappa shape index (κ3) is 5.64. The molecule has 0 saturated heterocycles. The van der Waals surface area contributed by atoms with Gasteiger partial charge in [-0.15, -0.1) is 0 Å². The van der Waals surface area contributed by atoms with Gasteiger partial charge in [0.15, 0.2) is 0 Å². The van der Waals surface area contributed by atoms with E-state index in [2.05, 4.69) is 5.32 Å². The van der Waals surface area contributed by atoms with Crippen molar-refractivity contribution >= 4 is 23.6 Å². The summed E-state index contributed by atoms with van der Waals surface area (Å²) in [7, 11) is 1.40. The number of carbonyl (C=O) groups excluding carboxylic acids is 1. The maximum atomic E-state index is 11.3. The molecule has 6 heteroatoms. The summed E-state index contributed by atoms with van der Waals surface area (Å²) in [4.78, 5) is 22.1. The van der Waals surface area contributed by atoms with Crippen LogP contribution in [0.5, 0.6) is 0 Å². The van der Waals surface area contributed by atoms with E-state index in [4.69, 9.17) is 9.84 Å². The lowest BCUT2D eigenvalue weighted by Gasteiger charge is -2.16. The maximum Gasteiger partial charge on any atom is 0.326 e. The Morgan fingerprint density at radius 2 is 2.13 bits per heavy atom. The van der Waals surface area contributed by atoms with Crippen molar-refractivity contribution in [3.05, 3.63) is 0 Å². The van der Waals surface area contributed by atoms with Crippen LogP contribution in [0.2, 0.25) is 0 Å². The van der Waals surface area contributed by atoms with Crippen LogP contribution < -0.4 is 5.32 Å². The highest BCUT2D eigenvalue weighted by Crippen LogP contribution is 2.01. The summed E-state index contributed by atoms with van der Waals surface area (Å²) in [5, 5.41) is 11.3. The fraction of sp³-hybridized carbons (Fsp3) is 0.778. The van der Waals surface area contributed by atoms with Crippen LogP contribution in [0.4, 0.5) is 0 Å². The van der Waals surface area contributed by atoms with E-state index in [1.807, 2.05) is 6.26 Å². The standard InChI is InChI=1S/C9H17NO4S/c1-6(14-2)8(11)10-7(9(12)13)4-5-15-3/h6-7H,4-5H2,1-3H3,(H,10,11)(H,12,13)/t6?,7-/m0/s1. The van der Waals surface area contributed by atoms with Crippen LogP contribution in [-0.4, -0.2) is 48.2 Å². The number of rotatable bonds is 7. The summed E-state index contributed by atoms with van der Waals surface area (Å²) < 4.78 is 4.79. The average Bonchev–Trinajstić information content (AvgIpc) is 2.22. The molecule has 0 aliphatic rings. The van der Waals surface area contributed by atoms with Crippen molar-refractivity contribution in [1.29, 1.82) is 0 Å². The number of methoxy groups -OCH3 is 1. The highest BCUT2D eigenvalue weighted by Gasteiger charge is 2.22. The van der Waals surface area contributed by atoms with Gasteiger partial charge >= 0.3 is 5.97 Å². The molecule has 0 saturated carbocycles. The van der Waals surface area contributed by atoms with Gasteiger partial charge in [0, 0.05) is 7.11 Å². The van der Waals surface area contributed by atoms with Crippen LogP contribution in [0.3, 0.4) is 0 Å². The zero-order chi connectivity index (χ0) is 11.8. The topological polar surface area (TPSA) is 75.6 Å². The van der Waals surface area contributed by atoms with Crippen LogP contribution in [0.1, 0.15) is 13.3 Å². The molecule has 0 aromatic heterocycles. The van der Waals surface area contributed by atoms with Crippen LogP contribution in [-0.2, 0) is 14.3 Å². The summed E-state index contributed by atoms with van der Waals surface area (Å²) in [6.07, 6.45) is 1.68. The summed E-state index contributed by atoms with van der Waals surface area (Å²) in [6.45, 7) is 1.57. The molecule has 0 aliphatic heterocycles. The quantitative estimate of drug-likeness (QED) is 0.665. The SMILES string of the molecule is COC(C)C(=O)N[C@@H](CCSC)C(=O)O. The maximum absolute atomic E-state index is 11.3. The zero-order valence-corrected chi connectivity index (χ0v) is 9.97. The first-order valence-corrected chi connectivity index (χ1v) is 5.97. The van der Waals surface area contributed by atoms with Crippen molar-refractivity contribution in [2.75, 3.05) is 19.1 Å². The van der Waals surface area contributed by atoms with Gasteiger partial charge in [0.05, 0.1) is 0 Å². The van der Waals surface area contributed by atoms with Gasteiger partial charge in [-0.05, 0) is 25.4 Å². The first-order valence-electron chi connectivity index (χ1n) is 4.57. The summed E-state index contributed by atoms with van der Waals surface area (Å²) in [6, 6.07) is -0.831. The monoisotopic (exact) mass is 235 g/mol. The van der Waals surface area contributed by atoms with Crippen LogP contribution in [0.15, 0.2) is 0 Å². The van der Waals surface area contributed by atoms with Crippen molar-refractivity contribution in [1.82, 2.24) is 5.32 Å². The second-order valence-electron chi connectivity index (χ2n) is 3.06. The predicted molar refractivity (Wildman–Crippen MR) is 59.0 cm³/mol. The molecule has 88 valence electrons. The second kappa shape index (κ2) is 7.53. The molecule has 0 radical (unpaired) electrons. The van der Waals surface area contributed by atoms with Gasteiger partial charge in [-0.2, -0.15) is 11.8 Å². The Hall–Kier alpha value is -0.750. The molecule has 5 nitrogen and oxygen atoms in total. The molecule has 0 bridgehead atoms. The smallest absolute Gasteiger partial charge is 0.326 e. The minimum Gasteiger partial charge on any atom is -0.480 e. The Balaban J connectivity index is 4.16. The molecule has 0 heterocycles. The highest BCUT2D eigenvalue weighted by molar-refractivity contribution is 7.98. The van der Waals surface area contributed by atoms with Crippen molar-refractivity contribution in [2.24, 2.45) is 0 Å². The Labute approximate surface area is 93.6 Å². The second-order valence-corrected chi connectivity index (χ2v) is 4.04. The van der Waals surface area contributed by atoms with E-state index in [1.54, 1.807) is 18.7 Å². The van der Waals surface area contributed by atoms with Crippen LogP contribution >= 0.6 is 11.8 Å². The number of ether oxygens (including phenoxy) is 1. The Morgan fingerprint density at radius 3 is 2.53 bits per heavy atom. The third-order valence-electron chi connectivity index (χ3n) is 1.95. The van der Waals surface area contributed by atoms with Crippen LogP contribution in [0.25, 0.3) is 0 Å². The lowest BCUT2D eigenvalue weighted by atomic mass is 10.2. The molecule has 0 aromatic rings. The molecule has 0 spiro atoms. The number of hydrogen-bond donors (Lipinski definition) is 2. The van der Waals surface area contributed by atoms with Gasteiger partial charge in [0.25, 0.3) is 0 Å². The Bertz CT molecular complexity index is 222. The average molecular weight is 235 g/mol. The summed E-state index contributed by atoms with van der Waals surface area (Å²) in [5.74, 6) is -0.717. The molecule has 0 aromatic carbocycles. The molecular formula is C9H17NO4S. The molecule has 0 fully saturated rings. The number of hydrogen-bond acceptors (Lipinski definition) is 4. The number of carboxylic acid groups (broad SMARTS) is 1. The molecule has 1 amide bonds. The van der Waals surface area contributed by atoms with Crippen molar-refractivity contribution in [3.63, 3.8) is 0 Å². The Morgan fingerprint density at radius 1 is 1.53 bits per heavy atom. The van der Waals surface area contributed by atoms with Gasteiger partial charge in [-0.1, -0.05) is 0 Å². The fourth-order valence-corrected chi connectivity index (χ4v) is 1.36. The van der Waals surface area contributed by atoms with E-state index in [-0.39, 0.29) is 0 Å². The van der Waals surface area contributed by atoms with E-state index in [0.29, 0.717) is 12.2 Å². The first-order chi connectivity index (χ1) is 7.02. The van der Waals surface area contributed by atoms with E-state index in [1.165, 1.54) is 7.11 Å². The van der Waals surface area contributed by atoms with E-state index >= 15 is 0 Å². The van der Waals surface area contributed by atoms with Crippen LogP contribution in [0, 0.1) is 0 Å². The normalized spacial score (nSPS) is 14.3. The molecule has 1 unspecified atom stereocenters. The van der Waals surface area contributed by atoms with Crippen molar-refractivity contribution in [2.45, 2.75) is 25.5 Å². The molecule has 15 heavy (non-hydrogen) atoms. The van der Waals surface area contributed by atoms with E-state index in [9.17, 15) is 9.59 Å². The van der Waals surface area contributed by atoms with Crippen molar-refractivity contribution in [3.8, 4) is 0 Å². The molecule has 2 atom stereocenters. The summed E-state index contributed by atoms with van der Waals surface area (Å²) in [5.41, 5.74) is 0. The lowest BCUT2D eigenvalue weighted by molar-refractivity contribution is -0.143. The summed E-state index contributed by atoms with van der Waals surface area (Å²) >= 11 is 1.54. The highest BCUT2D eigenvalue weighted by atomic mass is 32.2. The molecule has 0 rings (SSSR count). The minimum atomic E-state index is -1.01. The number of thioether (sulfide) groups is 1. The lowest BCUT2D eigenvalue weighted by Crippen LogP contribution is -2.45. The third-order valence-corrected chi connectivity index (χ3v) is 2.59. The fourth-order valence-electron chi connectivity index (χ4n) is 0.889. The number of amides is 1. The van der Waals surface area contributed by atoms with E-state index < -0.39 is 24.0 Å². The minimum absolute atomic E-state index is 0.397. The molecule has 2 N–H and O–H groups in total. The zero-order valence-electron chi connectivity index (χ0n) is 9.15. The van der Waals surface area contributed by atoms with Gasteiger partial charge in [0.1, 0.15) is 12.1 Å². The van der Waals surface area contributed by atoms with Gasteiger partial charge < -0.3 is 15.2 Å².